The van der Waals surface area contributed by atoms with Gasteiger partial charge in [-0.05, 0) is 44.9 Å². The Morgan fingerprint density at radius 3 is 2.32 bits per heavy atom. The molecule has 0 saturated heterocycles. The fourth-order valence-corrected chi connectivity index (χ4v) is 4.05. The molecule has 0 heterocycles. The monoisotopic (exact) mass is 466 g/mol. The van der Waals surface area contributed by atoms with Gasteiger partial charge < -0.3 is 14.4 Å². The first-order valence-corrected chi connectivity index (χ1v) is 11.1. The van der Waals surface area contributed by atoms with E-state index in [0.717, 1.165) is 5.56 Å². The lowest BCUT2D eigenvalue weighted by atomic mass is 9.89. The predicted molar refractivity (Wildman–Crippen MR) is 122 cm³/mol. The largest absolute Gasteiger partial charge is 0.598 e. The van der Waals surface area contributed by atoms with E-state index in [-0.39, 0.29) is 23.7 Å². The van der Waals surface area contributed by atoms with Crippen LogP contribution < -0.4 is 10.0 Å². The Bertz CT molecular complexity index is 920. The summed E-state index contributed by atoms with van der Waals surface area (Å²) in [4.78, 5) is 23.8. The minimum Gasteiger partial charge on any atom is -0.598 e. The number of carbonyl (C=O) groups is 2. The third-order valence-electron chi connectivity index (χ3n) is 4.42. The van der Waals surface area contributed by atoms with Crippen LogP contribution in [0.5, 0.6) is 0 Å². The maximum atomic E-state index is 12.7. The normalized spacial score (nSPS) is 14.4. The van der Waals surface area contributed by atoms with Gasteiger partial charge in [-0.1, -0.05) is 54.1 Å². The Morgan fingerprint density at radius 2 is 1.74 bits per heavy atom. The molecule has 2 unspecified atom stereocenters. The number of anilines is 1. The molecule has 0 aromatic heterocycles. The number of carbonyl (C=O) groups excluding carboxylic acids is 1. The molecule has 0 spiro atoms. The van der Waals surface area contributed by atoms with Crippen molar-refractivity contribution in [2.75, 3.05) is 5.32 Å². The molecule has 0 aliphatic carbocycles. The highest BCUT2D eigenvalue weighted by Crippen LogP contribution is 2.37. The summed E-state index contributed by atoms with van der Waals surface area (Å²) in [6.45, 7) is 7.04. The van der Waals surface area contributed by atoms with Crippen LogP contribution in [0.2, 0.25) is 5.02 Å². The number of aliphatic carboxylic acids is 1. The molecular weight excluding hydrogens is 440 g/mol. The summed E-state index contributed by atoms with van der Waals surface area (Å²) in [6.07, 6.45) is -1.06. The molecular formula is C22H27ClN2O5S. The number of hydrogen-bond acceptors (Lipinski definition) is 5. The maximum absolute atomic E-state index is 12.7. The number of rotatable bonds is 8. The molecule has 0 aliphatic heterocycles. The van der Waals surface area contributed by atoms with Crippen LogP contribution in [0.4, 0.5) is 10.5 Å². The predicted octanol–water partition coefficient (Wildman–Crippen LogP) is 4.83. The average Bonchev–Trinajstić information content (AvgIpc) is 2.67. The molecule has 0 radical (unpaired) electrons. The van der Waals surface area contributed by atoms with E-state index in [4.69, 9.17) is 16.3 Å². The van der Waals surface area contributed by atoms with Gasteiger partial charge in [-0.2, -0.15) is 0 Å². The lowest BCUT2D eigenvalue weighted by Crippen LogP contribution is -2.51. The van der Waals surface area contributed by atoms with Crippen molar-refractivity contribution in [1.82, 2.24) is 4.72 Å². The zero-order valence-corrected chi connectivity index (χ0v) is 19.5. The van der Waals surface area contributed by atoms with E-state index in [1.807, 2.05) is 30.3 Å². The van der Waals surface area contributed by atoms with Crippen molar-refractivity contribution < 1.29 is 24.0 Å². The van der Waals surface area contributed by atoms with E-state index in [1.165, 1.54) is 0 Å². The molecule has 1 amide bonds. The summed E-state index contributed by atoms with van der Waals surface area (Å²) in [5.74, 6) is -1.09. The number of carboxylic acid groups (broad SMARTS) is 1. The van der Waals surface area contributed by atoms with E-state index in [1.54, 1.807) is 45.9 Å². The van der Waals surface area contributed by atoms with Gasteiger partial charge in [0, 0.05) is 11.4 Å². The number of amides is 1. The van der Waals surface area contributed by atoms with Gasteiger partial charge in [0.25, 0.3) is 0 Å². The van der Waals surface area contributed by atoms with Crippen molar-refractivity contribution in [2.45, 2.75) is 51.0 Å². The molecule has 0 bridgehead atoms. The van der Waals surface area contributed by atoms with Crippen molar-refractivity contribution in [3.05, 3.63) is 64.7 Å². The Morgan fingerprint density at radius 1 is 1.10 bits per heavy atom. The minimum absolute atomic E-state index is 0.0901. The van der Waals surface area contributed by atoms with Crippen LogP contribution in [-0.2, 0) is 33.0 Å². The van der Waals surface area contributed by atoms with E-state index in [0.29, 0.717) is 5.56 Å². The zero-order chi connectivity index (χ0) is 23.2. The second kappa shape index (κ2) is 10.4. The van der Waals surface area contributed by atoms with Crippen molar-refractivity contribution in [1.29, 1.82) is 0 Å². The molecule has 7 nitrogen and oxygen atoms in total. The average molecular weight is 467 g/mol. The molecule has 3 N–H and O–H groups in total. The number of carboxylic acids is 1. The molecule has 2 rings (SSSR count). The van der Waals surface area contributed by atoms with E-state index >= 15 is 0 Å². The summed E-state index contributed by atoms with van der Waals surface area (Å²) in [5.41, 5.74) is 0.250. The quantitative estimate of drug-likeness (QED) is 0.480. The third kappa shape index (κ3) is 7.14. The van der Waals surface area contributed by atoms with Crippen molar-refractivity contribution in [3.8, 4) is 0 Å². The van der Waals surface area contributed by atoms with Crippen molar-refractivity contribution >= 4 is 40.7 Å². The second-order valence-electron chi connectivity index (χ2n) is 8.24. The number of benzene rings is 2. The summed E-state index contributed by atoms with van der Waals surface area (Å²) < 4.78 is 20.2. The Kier molecular flexibility index (Phi) is 8.36. The Labute approximate surface area is 190 Å². The van der Waals surface area contributed by atoms with Crippen LogP contribution in [0.1, 0.15) is 45.2 Å². The molecule has 0 aliphatic rings. The molecule has 0 fully saturated rings. The van der Waals surface area contributed by atoms with Gasteiger partial charge in [-0.3, -0.25) is 10.1 Å². The topological polar surface area (TPSA) is 111 Å². The molecule has 31 heavy (non-hydrogen) atoms. The minimum atomic E-state index is -1.56. The van der Waals surface area contributed by atoms with Crippen molar-refractivity contribution in [3.63, 3.8) is 0 Å². The first-order chi connectivity index (χ1) is 14.4. The summed E-state index contributed by atoms with van der Waals surface area (Å²) in [6, 6.07) is 14.1. The molecule has 2 atom stereocenters. The Balaban J connectivity index is 2.24. The zero-order valence-electron chi connectivity index (χ0n) is 17.9. The van der Waals surface area contributed by atoms with Crippen LogP contribution in [0.3, 0.4) is 0 Å². The SMILES string of the molecule is CC(CC(=O)O)(N[S+]([O-])C(C)(C)C)c1cccc(NC(=O)OCc2ccccc2)c1Cl. The van der Waals surface area contributed by atoms with Gasteiger partial charge in [-0.25, -0.2) is 4.79 Å². The van der Waals surface area contributed by atoms with Gasteiger partial charge >= 0.3 is 12.1 Å². The lowest BCUT2D eigenvalue weighted by Gasteiger charge is -2.35. The summed E-state index contributed by atoms with van der Waals surface area (Å²) in [7, 11) is 0. The fraction of sp³-hybridized carbons (Fsp3) is 0.364. The first-order valence-electron chi connectivity index (χ1n) is 9.60. The molecule has 168 valence electrons. The molecule has 2 aromatic rings. The van der Waals surface area contributed by atoms with Gasteiger partial charge in [0.05, 0.1) is 22.7 Å². The second-order valence-corrected chi connectivity index (χ2v) is 10.6. The van der Waals surface area contributed by atoms with Crippen LogP contribution in [0, 0.1) is 0 Å². The number of halogens is 1. The van der Waals surface area contributed by atoms with Gasteiger partial charge in [0.15, 0.2) is 0 Å². The van der Waals surface area contributed by atoms with Crippen LogP contribution in [0.25, 0.3) is 0 Å². The first kappa shape index (κ1) is 25.0. The van der Waals surface area contributed by atoms with Crippen LogP contribution >= 0.6 is 11.6 Å². The summed E-state index contributed by atoms with van der Waals surface area (Å²) in [5, 5.41) is 12.2. The number of hydrogen-bond donors (Lipinski definition) is 3. The highest BCUT2D eigenvalue weighted by atomic mass is 35.5. The smallest absolute Gasteiger partial charge is 0.412 e. The highest BCUT2D eigenvalue weighted by Gasteiger charge is 2.40. The third-order valence-corrected chi connectivity index (χ3v) is 6.58. The van der Waals surface area contributed by atoms with Crippen LogP contribution in [0.15, 0.2) is 48.5 Å². The molecule has 2 aromatic carbocycles. The highest BCUT2D eigenvalue weighted by molar-refractivity contribution is 7.90. The maximum Gasteiger partial charge on any atom is 0.412 e. The lowest BCUT2D eigenvalue weighted by molar-refractivity contribution is -0.138. The number of nitrogens with one attached hydrogen (secondary N) is 2. The van der Waals surface area contributed by atoms with Gasteiger partial charge in [0.1, 0.15) is 11.4 Å². The van der Waals surface area contributed by atoms with Gasteiger partial charge in [0.2, 0.25) is 0 Å². The van der Waals surface area contributed by atoms with Crippen molar-refractivity contribution in [2.24, 2.45) is 0 Å². The van der Waals surface area contributed by atoms with E-state index in [9.17, 15) is 19.2 Å². The molecule has 9 heteroatoms. The van der Waals surface area contributed by atoms with E-state index < -0.39 is 33.7 Å². The van der Waals surface area contributed by atoms with Crippen LogP contribution in [-0.4, -0.2) is 26.5 Å². The van der Waals surface area contributed by atoms with Gasteiger partial charge in [-0.15, -0.1) is 4.72 Å². The number of ether oxygens (including phenoxy) is 1. The van der Waals surface area contributed by atoms with E-state index in [2.05, 4.69) is 10.0 Å². The summed E-state index contributed by atoms with van der Waals surface area (Å²) >= 11 is 4.98. The standard InChI is InChI=1S/C22H27ClN2O5S/c1-21(2,3)31(29)25-22(4,13-18(26)27)16-11-8-12-17(19(16)23)24-20(28)30-14-15-9-6-5-7-10-15/h5-12,25H,13-14H2,1-4H3,(H,24,28)(H,26,27). The fourth-order valence-electron chi connectivity index (χ4n) is 2.77. The molecule has 0 saturated carbocycles. The Hall–Kier alpha value is -2.26.